The summed E-state index contributed by atoms with van der Waals surface area (Å²) >= 11 is 0. The normalized spacial score (nSPS) is 21.0. The van der Waals surface area contributed by atoms with Gasteiger partial charge in [0.15, 0.2) is 11.5 Å². The van der Waals surface area contributed by atoms with Crippen LogP contribution in [0.5, 0.6) is 17.2 Å². The maximum atomic E-state index is 14.3. The average molecular weight is 372 g/mol. The first-order valence-corrected chi connectivity index (χ1v) is 8.89. The van der Waals surface area contributed by atoms with Crippen molar-refractivity contribution in [2.24, 2.45) is 0 Å². The first-order chi connectivity index (χ1) is 13.2. The predicted molar refractivity (Wildman–Crippen MR) is 96.3 cm³/mol. The summed E-state index contributed by atoms with van der Waals surface area (Å²) in [5.74, 6) is 1.49. The van der Waals surface area contributed by atoms with Gasteiger partial charge in [-0.25, -0.2) is 4.39 Å². The van der Waals surface area contributed by atoms with Gasteiger partial charge in [-0.05, 0) is 30.2 Å². The molecule has 2 aliphatic rings. The van der Waals surface area contributed by atoms with E-state index < -0.39 is 6.04 Å². The lowest BCUT2D eigenvalue weighted by molar-refractivity contribution is -0.123. The van der Waals surface area contributed by atoms with Gasteiger partial charge in [0.25, 0.3) is 0 Å². The third-order valence-corrected chi connectivity index (χ3v) is 4.93. The Morgan fingerprint density at radius 3 is 2.96 bits per heavy atom. The topological polar surface area (TPSA) is 68.8 Å². The van der Waals surface area contributed by atoms with Crippen LogP contribution in [0.2, 0.25) is 0 Å². The third-order valence-electron chi connectivity index (χ3n) is 4.93. The van der Waals surface area contributed by atoms with E-state index in [9.17, 15) is 9.18 Å². The predicted octanol–water partition coefficient (Wildman–Crippen LogP) is 2.67. The number of hydrogen-bond acceptors (Lipinski definition) is 5. The monoisotopic (exact) mass is 372 g/mol. The molecule has 142 valence electrons. The highest BCUT2D eigenvalue weighted by molar-refractivity contribution is 5.77. The molecule has 2 aliphatic heterocycles. The molecule has 7 heteroatoms. The fraction of sp³-hybridized carbons (Fsp3) is 0.350. The molecule has 1 saturated heterocycles. The molecule has 0 aromatic heterocycles. The van der Waals surface area contributed by atoms with E-state index in [4.69, 9.17) is 14.2 Å². The van der Waals surface area contributed by atoms with Crippen LogP contribution in [0.1, 0.15) is 30.0 Å². The molecule has 2 heterocycles. The van der Waals surface area contributed by atoms with Crippen molar-refractivity contribution in [2.75, 3.05) is 13.9 Å². The molecule has 0 bridgehead atoms. The zero-order valence-corrected chi connectivity index (χ0v) is 15.0. The number of rotatable bonds is 5. The van der Waals surface area contributed by atoms with E-state index in [1.807, 2.05) is 12.1 Å². The van der Waals surface area contributed by atoms with E-state index in [-0.39, 0.29) is 24.6 Å². The van der Waals surface area contributed by atoms with Crippen molar-refractivity contribution < 1.29 is 23.4 Å². The van der Waals surface area contributed by atoms with Gasteiger partial charge in [-0.2, -0.15) is 0 Å². The van der Waals surface area contributed by atoms with Crippen LogP contribution >= 0.6 is 0 Å². The van der Waals surface area contributed by atoms with Gasteiger partial charge in [0, 0.05) is 24.6 Å². The average Bonchev–Trinajstić information content (AvgIpc) is 3.15. The summed E-state index contributed by atoms with van der Waals surface area (Å²) in [6.45, 7) is 0.699. The smallest absolute Gasteiger partial charge is 0.231 e. The summed E-state index contributed by atoms with van der Waals surface area (Å²) in [5.41, 5.74) is 1.45. The number of methoxy groups -OCH3 is 1. The molecule has 0 aliphatic carbocycles. The molecule has 0 saturated carbocycles. The fourth-order valence-corrected chi connectivity index (χ4v) is 3.58. The van der Waals surface area contributed by atoms with Crippen LogP contribution in [-0.4, -0.2) is 25.9 Å². The lowest BCUT2D eigenvalue weighted by Crippen LogP contribution is -2.48. The standard InChI is InChI=1S/C20H21FN2O4/c1-25-16-8-12(9-17-20(16)27-11-26-17)10-22-15-6-7-18(24)23-19(15)13-4-2-3-5-14(13)21/h2-5,8-9,15,19,22H,6-7,10-11H2,1H3,(H,23,24)/t15-,19+/m1/s1. The molecule has 2 atom stereocenters. The highest BCUT2D eigenvalue weighted by atomic mass is 19.1. The third kappa shape index (κ3) is 3.55. The second-order valence-electron chi connectivity index (χ2n) is 6.62. The van der Waals surface area contributed by atoms with E-state index in [0.29, 0.717) is 42.2 Å². The summed E-state index contributed by atoms with van der Waals surface area (Å²) in [7, 11) is 1.58. The van der Waals surface area contributed by atoms with Crippen LogP contribution in [0.25, 0.3) is 0 Å². The van der Waals surface area contributed by atoms with Gasteiger partial charge in [-0.15, -0.1) is 0 Å². The Kier molecular flexibility index (Phi) is 4.85. The summed E-state index contributed by atoms with van der Waals surface area (Å²) < 4.78 is 30.5. The largest absolute Gasteiger partial charge is 0.493 e. The van der Waals surface area contributed by atoms with Crippen LogP contribution in [0.15, 0.2) is 36.4 Å². The molecule has 27 heavy (non-hydrogen) atoms. The molecule has 0 radical (unpaired) electrons. The van der Waals surface area contributed by atoms with Gasteiger partial charge < -0.3 is 24.8 Å². The molecule has 2 aromatic rings. The van der Waals surface area contributed by atoms with Crippen molar-refractivity contribution in [3.05, 3.63) is 53.3 Å². The second kappa shape index (κ2) is 7.44. The van der Waals surface area contributed by atoms with Crippen LogP contribution in [0, 0.1) is 5.82 Å². The number of carbonyl (C=O) groups excluding carboxylic acids is 1. The van der Waals surface area contributed by atoms with Crippen molar-refractivity contribution in [2.45, 2.75) is 31.5 Å². The molecule has 2 aromatic carbocycles. The quantitative estimate of drug-likeness (QED) is 0.845. The summed E-state index contributed by atoms with van der Waals surface area (Å²) in [4.78, 5) is 11.9. The van der Waals surface area contributed by atoms with Crippen LogP contribution < -0.4 is 24.8 Å². The van der Waals surface area contributed by atoms with E-state index >= 15 is 0 Å². The molecular weight excluding hydrogens is 351 g/mol. The Balaban J connectivity index is 1.53. The SMILES string of the molecule is COc1cc(CN[C@@H]2CCC(=O)N[C@H]2c2ccccc2F)cc2c1OCO2. The van der Waals surface area contributed by atoms with Gasteiger partial charge in [0.2, 0.25) is 18.4 Å². The Bertz CT molecular complexity index is 858. The number of amides is 1. The van der Waals surface area contributed by atoms with Crippen LogP contribution in [0.3, 0.4) is 0 Å². The zero-order chi connectivity index (χ0) is 18.8. The fourth-order valence-electron chi connectivity index (χ4n) is 3.58. The minimum atomic E-state index is -0.414. The summed E-state index contributed by atoms with van der Waals surface area (Å²) in [6, 6.07) is 9.83. The van der Waals surface area contributed by atoms with Gasteiger partial charge in [0.05, 0.1) is 13.2 Å². The molecule has 4 rings (SSSR count). The maximum Gasteiger partial charge on any atom is 0.231 e. The summed E-state index contributed by atoms with van der Waals surface area (Å²) in [6.07, 6.45) is 1.04. The first-order valence-electron chi connectivity index (χ1n) is 8.89. The number of fused-ring (bicyclic) bond motifs is 1. The molecular formula is C20H21FN2O4. The van der Waals surface area contributed by atoms with Gasteiger partial charge in [-0.3, -0.25) is 4.79 Å². The van der Waals surface area contributed by atoms with Gasteiger partial charge in [0.1, 0.15) is 5.82 Å². The zero-order valence-electron chi connectivity index (χ0n) is 15.0. The number of nitrogens with one attached hydrogen (secondary N) is 2. The molecule has 6 nitrogen and oxygen atoms in total. The minimum Gasteiger partial charge on any atom is -0.493 e. The maximum absolute atomic E-state index is 14.3. The minimum absolute atomic E-state index is 0.0638. The molecule has 2 N–H and O–H groups in total. The van der Waals surface area contributed by atoms with Crippen LogP contribution in [0.4, 0.5) is 4.39 Å². The Labute approximate surface area is 156 Å². The molecule has 1 fully saturated rings. The van der Waals surface area contributed by atoms with Crippen molar-refractivity contribution in [1.82, 2.24) is 10.6 Å². The van der Waals surface area contributed by atoms with Crippen molar-refractivity contribution in [3.8, 4) is 17.2 Å². The van der Waals surface area contributed by atoms with Crippen molar-refractivity contribution in [1.29, 1.82) is 0 Å². The lowest BCUT2D eigenvalue weighted by Gasteiger charge is -2.33. The Hall–Kier alpha value is -2.80. The van der Waals surface area contributed by atoms with E-state index in [2.05, 4.69) is 10.6 Å². The van der Waals surface area contributed by atoms with E-state index in [0.717, 1.165) is 5.56 Å². The number of piperidine rings is 1. The highest BCUT2D eigenvalue weighted by Gasteiger charge is 2.31. The van der Waals surface area contributed by atoms with Crippen LogP contribution in [-0.2, 0) is 11.3 Å². The highest BCUT2D eigenvalue weighted by Crippen LogP contribution is 2.41. The molecule has 0 spiro atoms. The second-order valence-corrected chi connectivity index (χ2v) is 6.62. The summed E-state index contributed by atoms with van der Waals surface area (Å²) in [5, 5.41) is 6.36. The van der Waals surface area contributed by atoms with E-state index in [1.54, 1.807) is 25.3 Å². The number of carbonyl (C=O) groups is 1. The lowest BCUT2D eigenvalue weighted by atomic mass is 9.91. The van der Waals surface area contributed by atoms with Crippen molar-refractivity contribution >= 4 is 5.91 Å². The Morgan fingerprint density at radius 1 is 1.30 bits per heavy atom. The molecule has 1 amide bonds. The number of hydrogen-bond donors (Lipinski definition) is 2. The van der Waals surface area contributed by atoms with Crippen molar-refractivity contribution in [3.63, 3.8) is 0 Å². The Morgan fingerprint density at radius 2 is 2.15 bits per heavy atom. The number of halogens is 1. The molecule has 0 unspecified atom stereocenters. The first kappa shape index (κ1) is 17.6. The van der Waals surface area contributed by atoms with Gasteiger partial charge in [-0.1, -0.05) is 18.2 Å². The van der Waals surface area contributed by atoms with Gasteiger partial charge >= 0.3 is 0 Å². The number of benzene rings is 2. The van der Waals surface area contributed by atoms with E-state index in [1.165, 1.54) is 6.07 Å². The number of ether oxygens (including phenoxy) is 3.